The van der Waals surface area contributed by atoms with Crippen LogP contribution in [0.1, 0.15) is 11.8 Å². The number of nitrogens with one attached hydrogen (secondary N) is 1. The molecule has 1 aromatic carbocycles. The number of para-hydroxylation sites is 2. The molecular formula is C17H17N3O2S2. The van der Waals surface area contributed by atoms with E-state index < -0.39 is 0 Å². The lowest BCUT2D eigenvalue weighted by Crippen LogP contribution is -2.26. The molecule has 0 spiro atoms. The van der Waals surface area contributed by atoms with Gasteiger partial charge in [0.1, 0.15) is 0 Å². The molecule has 124 valence electrons. The van der Waals surface area contributed by atoms with Gasteiger partial charge in [-0.3, -0.25) is 9.59 Å². The summed E-state index contributed by atoms with van der Waals surface area (Å²) in [7, 11) is 0. The molecule has 0 fully saturated rings. The molecule has 2 heterocycles. The van der Waals surface area contributed by atoms with Crippen molar-refractivity contribution >= 4 is 40.0 Å². The van der Waals surface area contributed by atoms with Gasteiger partial charge in [-0.25, -0.2) is 4.98 Å². The maximum absolute atomic E-state index is 12.5. The molecule has 0 aliphatic rings. The van der Waals surface area contributed by atoms with Gasteiger partial charge < -0.3 is 9.88 Å². The van der Waals surface area contributed by atoms with Crippen LogP contribution in [-0.4, -0.2) is 21.2 Å². The number of thioether (sulfide) groups is 1. The summed E-state index contributed by atoms with van der Waals surface area (Å²) < 4.78 is 1.69. The molecule has 5 nitrogen and oxygen atoms in total. The van der Waals surface area contributed by atoms with E-state index in [0.29, 0.717) is 18.1 Å². The standard InChI is InChI=1S/C17H17N3O2S2/c1-2-20-14-8-4-3-7-13(14)19-16(17(20)22)24-11-15(21)18-10-12-6-5-9-23-12/h3-9H,2,10-11H2,1H3,(H,18,21). The first-order valence-electron chi connectivity index (χ1n) is 7.60. The molecule has 0 atom stereocenters. The second-order valence-electron chi connectivity index (χ2n) is 5.10. The number of nitrogens with zero attached hydrogens (tertiary/aromatic N) is 2. The molecule has 0 saturated carbocycles. The Kier molecular flexibility index (Phi) is 5.32. The van der Waals surface area contributed by atoms with Gasteiger partial charge in [-0.15, -0.1) is 11.3 Å². The van der Waals surface area contributed by atoms with Gasteiger partial charge in [0.2, 0.25) is 5.91 Å². The molecule has 1 amide bonds. The minimum atomic E-state index is -0.146. The summed E-state index contributed by atoms with van der Waals surface area (Å²) in [5.41, 5.74) is 1.43. The predicted octanol–water partition coefficient (Wildman–Crippen LogP) is 2.89. The van der Waals surface area contributed by atoms with Crippen LogP contribution in [0.3, 0.4) is 0 Å². The number of fused-ring (bicyclic) bond motifs is 1. The number of rotatable bonds is 6. The van der Waals surface area contributed by atoms with Crippen molar-refractivity contribution in [2.24, 2.45) is 0 Å². The average molecular weight is 359 g/mol. The maximum atomic E-state index is 12.5. The minimum Gasteiger partial charge on any atom is -0.350 e. The number of thiophene rings is 1. The molecule has 0 radical (unpaired) electrons. The van der Waals surface area contributed by atoms with Crippen LogP contribution in [0.25, 0.3) is 11.0 Å². The van der Waals surface area contributed by atoms with E-state index in [1.807, 2.05) is 48.7 Å². The van der Waals surface area contributed by atoms with Crippen molar-refractivity contribution in [3.8, 4) is 0 Å². The summed E-state index contributed by atoms with van der Waals surface area (Å²) in [5.74, 6) is 0.0705. The third-order valence-electron chi connectivity index (χ3n) is 3.52. The fourth-order valence-electron chi connectivity index (χ4n) is 2.36. The third kappa shape index (κ3) is 3.68. The zero-order chi connectivity index (χ0) is 16.9. The molecule has 7 heteroatoms. The first-order valence-corrected chi connectivity index (χ1v) is 9.47. The number of hydrogen-bond donors (Lipinski definition) is 1. The van der Waals surface area contributed by atoms with Crippen LogP contribution in [0.4, 0.5) is 0 Å². The van der Waals surface area contributed by atoms with Gasteiger partial charge in [-0.05, 0) is 30.5 Å². The summed E-state index contributed by atoms with van der Waals surface area (Å²) >= 11 is 2.78. The van der Waals surface area contributed by atoms with Crippen LogP contribution < -0.4 is 10.9 Å². The predicted molar refractivity (Wildman–Crippen MR) is 98.6 cm³/mol. The van der Waals surface area contributed by atoms with Gasteiger partial charge in [-0.2, -0.15) is 0 Å². The van der Waals surface area contributed by atoms with E-state index in [4.69, 9.17) is 0 Å². The molecule has 3 rings (SSSR count). The summed E-state index contributed by atoms with van der Waals surface area (Å²) in [6.45, 7) is 3.01. The van der Waals surface area contributed by atoms with Gasteiger partial charge >= 0.3 is 0 Å². The Morgan fingerprint density at radius 1 is 1.29 bits per heavy atom. The number of amides is 1. The molecule has 0 bridgehead atoms. The van der Waals surface area contributed by atoms with Crippen LogP contribution in [0, 0.1) is 0 Å². The lowest BCUT2D eigenvalue weighted by molar-refractivity contribution is -0.118. The molecule has 0 unspecified atom stereocenters. The molecule has 0 aliphatic carbocycles. The summed E-state index contributed by atoms with van der Waals surface area (Å²) in [4.78, 5) is 30.0. The van der Waals surface area contributed by atoms with Crippen molar-refractivity contribution in [1.82, 2.24) is 14.9 Å². The number of carbonyl (C=O) groups excluding carboxylic acids is 1. The van der Waals surface area contributed by atoms with E-state index in [9.17, 15) is 9.59 Å². The smallest absolute Gasteiger partial charge is 0.283 e. The van der Waals surface area contributed by atoms with E-state index >= 15 is 0 Å². The Hall–Kier alpha value is -2.12. The largest absolute Gasteiger partial charge is 0.350 e. The second-order valence-corrected chi connectivity index (χ2v) is 7.10. The van der Waals surface area contributed by atoms with Gasteiger partial charge in [0, 0.05) is 11.4 Å². The van der Waals surface area contributed by atoms with Gasteiger partial charge in [0.25, 0.3) is 5.56 Å². The van der Waals surface area contributed by atoms with Crippen molar-refractivity contribution in [1.29, 1.82) is 0 Å². The highest BCUT2D eigenvalue weighted by atomic mass is 32.2. The Balaban J connectivity index is 1.72. The lowest BCUT2D eigenvalue weighted by Gasteiger charge is -2.10. The van der Waals surface area contributed by atoms with Crippen LogP contribution >= 0.6 is 23.1 Å². The molecule has 2 aromatic heterocycles. The third-order valence-corrected chi connectivity index (χ3v) is 5.34. The fraction of sp³-hybridized carbons (Fsp3) is 0.235. The molecule has 0 aliphatic heterocycles. The quantitative estimate of drug-likeness (QED) is 0.688. The maximum Gasteiger partial charge on any atom is 0.283 e. The second kappa shape index (κ2) is 7.63. The Morgan fingerprint density at radius 3 is 2.88 bits per heavy atom. The fourth-order valence-corrected chi connectivity index (χ4v) is 3.77. The first-order chi connectivity index (χ1) is 11.7. The number of aromatic nitrogens is 2. The lowest BCUT2D eigenvalue weighted by atomic mass is 10.3. The summed E-state index contributed by atoms with van der Waals surface area (Å²) in [6, 6.07) is 11.5. The SMILES string of the molecule is CCn1c(=O)c(SCC(=O)NCc2cccs2)nc2ccccc21. The van der Waals surface area contributed by atoms with Crippen LogP contribution in [0.15, 0.2) is 51.6 Å². The van der Waals surface area contributed by atoms with E-state index in [2.05, 4.69) is 10.3 Å². The Bertz CT molecular complexity index is 904. The van der Waals surface area contributed by atoms with Crippen LogP contribution in [0.5, 0.6) is 0 Å². The highest BCUT2D eigenvalue weighted by Crippen LogP contribution is 2.16. The zero-order valence-electron chi connectivity index (χ0n) is 13.2. The van der Waals surface area contributed by atoms with Crippen LogP contribution in [-0.2, 0) is 17.9 Å². The van der Waals surface area contributed by atoms with Crippen molar-refractivity contribution in [3.63, 3.8) is 0 Å². The average Bonchev–Trinajstić information content (AvgIpc) is 3.12. The van der Waals surface area contributed by atoms with Gasteiger partial charge in [0.15, 0.2) is 5.03 Å². The van der Waals surface area contributed by atoms with Crippen LogP contribution in [0.2, 0.25) is 0 Å². The number of aryl methyl sites for hydroxylation is 1. The highest BCUT2D eigenvalue weighted by molar-refractivity contribution is 7.99. The normalized spacial score (nSPS) is 10.9. The van der Waals surface area contributed by atoms with Gasteiger partial charge in [0.05, 0.1) is 23.3 Å². The molecule has 24 heavy (non-hydrogen) atoms. The van der Waals surface area contributed by atoms with E-state index in [1.165, 1.54) is 11.8 Å². The zero-order valence-corrected chi connectivity index (χ0v) is 14.8. The van der Waals surface area contributed by atoms with Crippen molar-refractivity contribution in [2.75, 3.05) is 5.75 Å². The summed E-state index contributed by atoms with van der Waals surface area (Å²) in [6.07, 6.45) is 0. The monoisotopic (exact) mass is 359 g/mol. The van der Waals surface area contributed by atoms with Gasteiger partial charge in [-0.1, -0.05) is 30.0 Å². The number of hydrogen-bond acceptors (Lipinski definition) is 5. The molecule has 1 N–H and O–H groups in total. The minimum absolute atomic E-state index is 0.106. The molecule has 0 saturated heterocycles. The van der Waals surface area contributed by atoms with Crippen molar-refractivity contribution in [3.05, 3.63) is 57.0 Å². The summed E-state index contributed by atoms with van der Waals surface area (Å²) in [5, 5.41) is 5.19. The number of carbonyl (C=O) groups is 1. The Labute approximate surface area is 147 Å². The van der Waals surface area contributed by atoms with E-state index in [1.54, 1.807) is 15.9 Å². The number of benzene rings is 1. The van der Waals surface area contributed by atoms with E-state index in [-0.39, 0.29) is 17.2 Å². The molecule has 3 aromatic rings. The Morgan fingerprint density at radius 2 is 2.12 bits per heavy atom. The first kappa shape index (κ1) is 16.7. The van der Waals surface area contributed by atoms with Crippen molar-refractivity contribution in [2.45, 2.75) is 25.0 Å². The van der Waals surface area contributed by atoms with Crippen molar-refractivity contribution < 1.29 is 4.79 Å². The molecular weight excluding hydrogens is 342 g/mol. The topological polar surface area (TPSA) is 64.0 Å². The highest BCUT2D eigenvalue weighted by Gasteiger charge is 2.12. The van der Waals surface area contributed by atoms with E-state index in [0.717, 1.165) is 15.9 Å².